The third-order valence-corrected chi connectivity index (χ3v) is 8.26. The quantitative estimate of drug-likeness (QED) is 0.174. The lowest BCUT2D eigenvalue weighted by Gasteiger charge is -2.37. The van der Waals surface area contributed by atoms with Crippen molar-refractivity contribution < 1.29 is 29.4 Å². The van der Waals surface area contributed by atoms with Crippen LogP contribution >= 0.6 is 23.2 Å². The van der Waals surface area contributed by atoms with E-state index >= 15 is 0 Å². The number of amides is 3. The molecule has 9 nitrogen and oxygen atoms in total. The minimum absolute atomic E-state index is 0.0163. The Morgan fingerprint density at radius 3 is 2.35 bits per heavy atom. The van der Waals surface area contributed by atoms with E-state index in [0.717, 1.165) is 24.0 Å². The smallest absolute Gasteiger partial charge is 0.315 e. The van der Waals surface area contributed by atoms with Crippen molar-refractivity contribution in [3.63, 3.8) is 0 Å². The van der Waals surface area contributed by atoms with Gasteiger partial charge in [-0.05, 0) is 59.2 Å². The number of aliphatic carboxylic acids is 1. The lowest BCUT2D eigenvalue weighted by molar-refractivity contribution is -0.141. The Labute approximate surface area is 259 Å². The molecule has 1 aliphatic carbocycles. The maximum atomic E-state index is 13.1. The van der Waals surface area contributed by atoms with Crippen LogP contribution in [0, 0.1) is 5.92 Å². The van der Waals surface area contributed by atoms with Crippen LogP contribution in [0.1, 0.15) is 76.6 Å². The number of carboxylic acid groups (broad SMARTS) is 1. The third kappa shape index (κ3) is 7.86. The van der Waals surface area contributed by atoms with E-state index in [-0.39, 0.29) is 51.5 Å². The molecule has 3 aromatic carbocycles. The van der Waals surface area contributed by atoms with Gasteiger partial charge in [0.05, 0.1) is 27.6 Å². The molecule has 0 aliphatic heterocycles. The van der Waals surface area contributed by atoms with E-state index in [1.165, 1.54) is 24.3 Å². The first-order chi connectivity index (χ1) is 20.4. The molecule has 3 aromatic rings. The highest BCUT2D eigenvalue weighted by Crippen LogP contribution is 2.41. The van der Waals surface area contributed by atoms with E-state index in [0.29, 0.717) is 5.56 Å². The summed E-state index contributed by atoms with van der Waals surface area (Å²) >= 11 is 12.7. The maximum Gasteiger partial charge on any atom is 0.315 e. The van der Waals surface area contributed by atoms with Crippen LogP contribution in [0.3, 0.4) is 0 Å². The summed E-state index contributed by atoms with van der Waals surface area (Å²) in [5.74, 6) is -3.59. The third-order valence-electron chi connectivity index (χ3n) is 7.67. The van der Waals surface area contributed by atoms with Crippen molar-refractivity contribution >= 4 is 46.9 Å². The molecular formula is C32H33Cl2N3O6. The minimum Gasteiger partial charge on any atom is -0.508 e. The largest absolute Gasteiger partial charge is 0.508 e. The molecule has 0 heterocycles. The SMILES string of the molecule is CC1(C)CCC(NC(=O)NC[C@H](CC(=O)c2c(Cl)cc(C(=O)NCc3cccc(O)c3)cc2Cl)C(=O)O)c2ccccc21. The first-order valence-corrected chi connectivity index (χ1v) is 14.6. The Bertz CT molecular complexity index is 1530. The fraction of sp³-hybridized carbons (Fsp3) is 0.312. The van der Waals surface area contributed by atoms with Gasteiger partial charge >= 0.3 is 12.0 Å². The molecule has 5 N–H and O–H groups in total. The van der Waals surface area contributed by atoms with Gasteiger partial charge in [-0.15, -0.1) is 0 Å². The highest BCUT2D eigenvalue weighted by Gasteiger charge is 2.33. The Morgan fingerprint density at radius 1 is 0.977 bits per heavy atom. The molecule has 0 aromatic heterocycles. The van der Waals surface area contributed by atoms with E-state index in [2.05, 4.69) is 35.9 Å². The van der Waals surface area contributed by atoms with Crippen LogP contribution in [-0.4, -0.2) is 40.4 Å². The van der Waals surface area contributed by atoms with Crippen molar-refractivity contribution in [3.05, 3.63) is 98.5 Å². The fourth-order valence-corrected chi connectivity index (χ4v) is 5.98. The molecule has 1 aliphatic rings. The summed E-state index contributed by atoms with van der Waals surface area (Å²) in [7, 11) is 0. The molecule has 1 unspecified atom stereocenters. The summed E-state index contributed by atoms with van der Waals surface area (Å²) in [6.45, 7) is 4.17. The number of carbonyl (C=O) groups is 4. The maximum absolute atomic E-state index is 13.1. The second-order valence-corrected chi connectivity index (χ2v) is 12.1. The number of hydrogen-bond acceptors (Lipinski definition) is 5. The predicted octanol–water partition coefficient (Wildman–Crippen LogP) is 6.01. The molecule has 2 atom stereocenters. The average molecular weight is 627 g/mol. The van der Waals surface area contributed by atoms with Gasteiger partial charge in [-0.3, -0.25) is 14.4 Å². The number of ketones is 1. The van der Waals surface area contributed by atoms with Crippen molar-refractivity contribution in [2.75, 3.05) is 6.54 Å². The summed E-state index contributed by atoms with van der Waals surface area (Å²) in [6.07, 6.45) is 1.14. The molecule has 43 heavy (non-hydrogen) atoms. The van der Waals surface area contributed by atoms with Gasteiger partial charge in [0.2, 0.25) is 0 Å². The van der Waals surface area contributed by atoms with Gasteiger partial charge in [-0.25, -0.2) is 4.79 Å². The number of phenolic OH excluding ortho intramolecular Hbond substituents is 1. The molecule has 0 saturated heterocycles. The van der Waals surface area contributed by atoms with Crippen molar-refractivity contribution in [1.29, 1.82) is 0 Å². The number of halogens is 2. The van der Waals surface area contributed by atoms with Crippen LogP contribution in [0.2, 0.25) is 10.0 Å². The standard InChI is InChI=1S/C32H33Cl2N3O6/c1-32(2)11-10-26(22-8-3-4-9-23(22)32)37-31(43)36-17-20(30(41)42)15-27(39)28-24(33)13-19(14-25(28)34)29(40)35-16-18-6-5-7-21(38)12-18/h3-9,12-14,20,26,38H,10-11,15-17H2,1-2H3,(H,35,40)(H,41,42)(H2,36,37,43)/t20-,26?/m0/s1. The number of aromatic hydroxyl groups is 1. The van der Waals surface area contributed by atoms with Crippen molar-refractivity contribution in [2.24, 2.45) is 5.92 Å². The topological polar surface area (TPSA) is 145 Å². The highest BCUT2D eigenvalue weighted by molar-refractivity contribution is 6.40. The number of benzene rings is 3. The second kappa shape index (κ2) is 13.5. The molecular weight excluding hydrogens is 593 g/mol. The van der Waals surface area contributed by atoms with Crippen LogP contribution in [0.4, 0.5) is 4.79 Å². The van der Waals surface area contributed by atoms with E-state index in [9.17, 15) is 29.4 Å². The molecule has 0 fully saturated rings. The number of rotatable bonds is 10. The number of urea groups is 1. The monoisotopic (exact) mass is 625 g/mol. The molecule has 0 saturated carbocycles. The first kappa shape index (κ1) is 31.8. The normalized spacial score (nSPS) is 16.0. The summed E-state index contributed by atoms with van der Waals surface area (Å²) < 4.78 is 0. The minimum atomic E-state index is -1.27. The molecule has 226 valence electrons. The Kier molecular flexibility index (Phi) is 9.98. The average Bonchev–Trinajstić information content (AvgIpc) is 2.95. The molecule has 0 radical (unpaired) electrons. The van der Waals surface area contributed by atoms with Gasteiger partial charge in [0.15, 0.2) is 5.78 Å². The van der Waals surface area contributed by atoms with Gasteiger partial charge in [-0.1, -0.05) is 73.4 Å². The van der Waals surface area contributed by atoms with Crippen LogP contribution in [0.15, 0.2) is 60.7 Å². The molecule has 0 spiro atoms. The van der Waals surface area contributed by atoms with Gasteiger partial charge in [0, 0.05) is 25.1 Å². The summed E-state index contributed by atoms with van der Waals surface area (Å²) in [5, 5.41) is 27.3. The van der Waals surface area contributed by atoms with Gasteiger partial charge in [-0.2, -0.15) is 0 Å². The predicted molar refractivity (Wildman–Crippen MR) is 164 cm³/mol. The Hall–Kier alpha value is -4.08. The summed E-state index contributed by atoms with van der Waals surface area (Å²) in [5.41, 5.74) is 2.84. The molecule has 3 amide bonds. The van der Waals surface area contributed by atoms with E-state index in [1.54, 1.807) is 12.1 Å². The fourth-order valence-electron chi connectivity index (χ4n) is 5.28. The van der Waals surface area contributed by atoms with Crippen molar-refractivity contribution in [1.82, 2.24) is 16.0 Å². The van der Waals surface area contributed by atoms with Crippen molar-refractivity contribution in [2.45, 2.75) is 51.1 Å². The number of fused-ring (bicyclic) bond motifs is 1. The van der Waals surface area contributed by atoms with Gasteiger partial charge < -0.3 is 26.2 Å². The van der Waals surface area contributed by atoms with Crippen LogP contribution in [0.5, 0.6) is 5.75 Å². The number of carbonyl (C=O) groups excluding carboxylic acids is 3. The number of nitrogens with one attached hydrogen (secondary N) is 3. The lowest BCUT2D eigenvalue weighted by atomic mass is 9.71. The Morgan fingerprint density at radius 2 is 1.67 bits per heavy atom. The number of carboxylic acids is 1. The second-order valence-electron chi connectivity index (χ2n) is 11.2. The summed E-state index contributed by atoms with van der Waals surface area (Å²) in [4.78, 5) is 50.5. The first-order valence-electron chi connectivity index (χ1n) is 13.8. The zero-order chi connectivity index (χ0) is 31.3. The summed E-state index contributed by atoms with van der Waals surface area (Å²) in [6, 6.07) is 16.1. The van der Waals surface area contributed by atoms with Gasteiger partial charge in [0.1, 0.15) is 5.75 Å². The molecule has 0 bridgehead atoms. The van der Waals surface area contributed by atoms with Crippen molar-refractivity contribution in [3.8, 4) is 5.75 Å². The van der Waals surface area contributed by atoms with Gasteiger partial charge in [0.25, 0.3) is 5.91 Å². The zero-order valence-corrected chi connectivity index (χ0v) is 25.3. The van der Waals surface area contributed by atoms with Crippen LogP contribution in [-0.2, 0) is 16.8 Å². The van der Waals surface area contributed by atoms with E-state index < -0.39 is 36.0 Å². The number of Topliss-reactive ketones (excluding diaryl/α,β-unsaturated/α-hetero) is 1. The highest BCUT2D eigenvalue weighted by atomic mass is 35.5. The van der Waals surface area contributed by atoms with E-state index in [4.69, 9.17) is 23.2 Å². The number of phenols is 1. The van der Waals surface area contributed by atoms with E-state index in [1.807, 2.05) is 18.2 Å². The van der Waals surface area contributed by atoms with Crippen LogP contribution < -0.4 is 16.0 Å². The molecule has 4 rings (SSSR count). The van der Waals surface area contributed by atoms with Crippen LogP contribution in [0.25, 0.3) is 0 Å². The number of hydrogen-bond donors (Lipinski definition) is 5. The molecule has 11 heteroatoms. The Balaban J connectivity index is 1.36. The zero-order valence-electron chi connectivity index (χ0n) is 23.7. The lowest BCUT2D eigenvalue weighted by Crippen LogP contribution is -2.43.